The summed E-state index contributed by atoms with van der Waals surface area (Å²) in [5.74, 6) is -1.40. The van der Waals surface area contributed by atoms with Gasteiger partial charge in [0.1, 0.15) is 0 Å². The lowest BCUT2D eigenvalue weighted by molar-refractivity contribution is -0.152. The molecule has 0 radical (unpaired) electrons. The minimum Gasteiger partial charge on any atom is -0.478 e. The summed E-state index contributed by atoms with van der Waals surface area (Å²) in [6, 6.07) is 4.24. The van der Waals surface area contributed by atoms with Crippen molar-refractivity contribution >= 4 is 28.5 Å². The number of rotatable bonds is 5. The van der Waals surface area contributed by atoms with Crippen LogP contribution in [-0.2, 0) is 4.79 Å². The Morgan fingerprint density at radius 2 is 2.14 bits per heavy atom. The van der Waals surface area contributed by atoms with E-state index in [1.807, 2.05) is 0 Å². The van der Waals surface area contributed by atoms with Crippen molar-refractivity contribution in [1.82, 2.24) is 9.71 Å². The maximum absolute atomic E-state index is 12.1. The summed E-state index contributed by atoms with van der Waals surface area (Å²) in [7, 11) is 0. The third-order valence-corrected chi connectivity index (χ3v) is 2.96. The predicted octanol–water partition coefficient (Wildman–Crippen LogP) is -0.393. The zero-order valence-corrected chi connectivity index (χ0v) is 11.3. The molecule has 3 N–H and O–H groups in total. The molecule has 112 valence electrons. The number of carboxylic acids is 1. The van der Waals surface area contributed by atoms with E-state index in [4.69, 9.17) is 26.7 Å². The minimum absolute atomic E-state index is 0.118. The van der Waals surface area contributed by atoms with Gasteiger partial charge in [0.25, 0.3) is 5.56 Å². The summed E-state index contributed by atoms with van der Waals surface area (Å²) in [5.41, 5.74) is -1.53. The first kappa shape index (κ1) is 15.1. The van der Waals surface area contributed by atoms with Gasteiger partial charge in [-0.1, -0.05) is 16.3 Å². The molecule has 1 atom stereocenters. The van der Waals surface area contributed by atoms with E-state index in [1.165, 1.54) is 18.2 Å². The number of carbonyl (C=O) groups is 1. The number of halogens is 1. The van der Waals surface area contributed by atoms with Gasteiger partial charge in [0.05, 0.1) is 10.9 Å². The number of carboxylic acid groups (broad SMARTS) is 1. The van der Waals surface area contributed by atoms with Gasteiger partial charge >= 0.3 is 11.7 Å². The van der Waals surface area contributed by atoms with Gasteiger partial charge in [0, 0.05) is 18.1 Å². The molecule has 0 spiro atoms. The third-order valence-electron chi connectivity index (χ3n) is 2.72. The van der Waals surface area contributed by atoms with E-state index in [9.17, 15) is 14.4 Å². The Labute approximate surface area is 122 Å². The van der Waals surface area contributed by atoms with Crippen LogP contribution >= 0.6 is 11.6 Å². The lowest BCUT2D eigenvalue weighted by Gasteiger charge is -2.14. The number of nitrogens with zero attached hydrogens (tertiary/aromatic N) is 1. The molecule has 0 saturated carbocycles. The van der Waals surface area contributed by atoms with E-state index >= 15 is 0 Å². The van der Waals surface area contributed by atoms with Crippen molar-refractivity contribution in [1.29, 1.82) is 0 Å². The van der Waals surface area contributed by atoms with Crippen molar-refractivity contribution in [3.8, 4) is 0 Å². The zero-order valence-electron chi connectivity index (χ0n) is 10.6. The van der Waals surface area contributed by atoms with Crippen molar-refractivity contribution in [3.05, 3.63) is 44.1 Å². The molecule has 0 fully saturated rings. The molecule has 0 amide bonds. The highest BCUT2D eigenvalue weighted by Gasteiger charge is 2.21. The van der Waals surface area contributed by atoms with Crippen molar-refractivity contribution in [3.63, 3.8) is 0 Å². The smallest absolute Gasteiger partial charge is 0.362 e. The number of aliphatic hydroxyl groups is 1. The van der Waals surface area contributed by atoms with Crippen molar-refractivity contribution in [2.45, 2.75) is 12.5 Å². The molecule has 0 bridgehead atoms. The second-order valence-corrected chi connectivity index (χ2v) is 4.60. The number of aliphatic carboxylic acids is 1. The van der Waals surface area contributed by atoms with Gasteiger partial charge in [-0.3, -0.25) is 4.79 Å². The van der Waals surface area contributed by atoms with Crippen LogP contribution in [0.4, 0.5) is 0 Å². The molecule has 0 aliphatic rings. The van der Waals surface area contributed by atoms with Gasteiger partial charge in [-0.2, -0.15) is 0 Å². The molecule has 9 heteroatoms. The molecule has 2 aromatic rings. The first-order valence-electron chi connectivity index (χ1n) is 5.89. The van der Waals surface area contributed by atoms with Crippen LogP contribution in [0.5, 0.6) is 0 Å². The number of hydrogen-bond acceptors (Lipinski definition) is 5. The molecule has 1 unspecified atom stereocenters. The molecule has 0 aliphatic heterocycles. The van der Waals surface area contributed by atoms with Crippen LogP contribution in [0.1, 0.15) is 6.42 Å². The van der Waals surface area contributed by atoms with Crippen LogP contribution in [0.3, 0.4) is 0 Å². The molecule has 1 heterocycles. The lowest BCUT2D eigenvalue weighted by Crippen LogP contribution is -2.46. The molecular weight excluding hydrogens is 304 g/mol. The zero-order chi connectivity index (χ0) is 15.6. The number of aromatic nitrogens is 2. The molecular formula is C12H11ClN2O6. The quantitative estimate of drug-likeness (QED) is 0.691. The number of H-pyrrole nitrogens is 1. The van der Waals surface area contributed by atoms with Gasteiger partial charge in [-0.15, -0.1) is 0 Å². The van der Waals surface area contributed by atoms with E-state index in [1.54, 1.807) is 0 Å². The first-order chi connectivity index (χ1) is 9.93. The molecule has 8 nitrogen and oxygen atoms in total. The van der Waals surface area contributed by atoms with E-state index in [0.29, 0.717) is 9.75 Å². The van der Waals surface area contributed by atoms with Crippen molar-refractivity contribution in [2.24, 2.45) is 0 Å². The van der Waals surface area contributed by atoms with Crippen LogP contribution in [-0.4, -0.2) is 38.6 Å². The highest BCUT2D eigenvalue weighted by atomic mass is 35.5. The SMILES string of the molecule is O=C(O)C(CCO)On1c(=O)[nH]c2cc(Cl)ccc2c1=O. The van der Waals surface area contributed by atoms with E-state index in [0.717, 1.165) is 0 Å². The molecule has 1 aromatic heterocycles. The standard InChI is InChI=1S/C12H11ClN2O6/c13-6-1-2-7-8(5-6)14-12(20)15(10(7)17)21-9(3-4-16)11(18)19/h1-2,5,9,16H,3-4H2,(H,14,20)(H,18,19). The summed E-state index contributed by atoms with van der Waals surface area (Å²) in [6.45, 7) is -0.465. The molecule has 2 rings (SSSR count). The maximum atomic E-state index is 12.1. The van der Waals surface area contributed by atoms with Crippen LogP contribution < -0.4 is 16.1 Å². The monoisotopic (exact) mass is 314 g/mol. The Balaban J connectivity index is 2.54. The summed E-state index contributed by atoms with van der Waals surface area (Å²) in [4.78, 5) is 42.2. The van der Waals surface area contributed by atoms with E-state index in [2.05, 4.69) is 4.98 Å². The topological polar surface area (TPSA) is 122 Å². The van der Waals surface area contributed by atoms with Crippen LogP contribution in [0.2, 0.25) is 5.02 Å². The van der Waals surface area contributed by atoms with Crippen molar-refractivity contribution < 1.29 is 19.8 Å². The van der Waals surface area contributed by atoms with Crippen LogP contribution in [0.25, 0.3) is 10.9 Å². The van der Waals surface area contributed by atoms with Crippen LogP contribution in [0.15, 0.2) is 27.8 Å². The molecule has 0 aliphatic carbocycles. The third kappa shape index (κ3) is 3.06. The van der Waals surface area contributed by atoms with Crippen molar-refractivity contribution in [2.75, 3.05) is 6.61 Å². The number of aromatic amines is 1. The number of benzene rings is 1. The predicted molar refractivity (Wildman–Crippen MR) is 73.5 cm³/mol. The number of aliphatic hydroxyl groups excluding tert-OH is 1. The lowest BCUT2D eigenvalue weighted by atomic mass is 10.2. The van der Waals surface area contributed by atoms with Gasteiger partial charge in [-0.25, -0.2) is 9.59 Å². The fourth-order valence-corrected chi connectivity index (χ4v) is 1.91. The normalized spacial score (nSPS) is 12.3. The second-order valence-electron chi connectivity index (χ2n) is 4.16. The van der Waals surface area contributed by atoms with Gasteiger partial charge < -0.3 is 20.0 Å². The minimum atomic E-state index is -1.52. The number of nitrogens with one attached hydrogen (secondary N) is 1. The summed E-state index contributed by atoms with van der Waals surface area (Å²) in [5, 5.41) is 18.1. The van der Waals surface area contributed by atoms with E-state index < -0.39 is 29.9 Å². The molecule has 21 heavy (non-hydrogen) atoms. The Hall–Kier alpha value is -2.32. The average molecular weight is 315 g/mol. The highest BCUT2D eigenvalue weighted by molar-refractivity contribution is 6.31. The summed E-state index contributed by atoms with van der Waals surface area (Å²) < 4.78 is 0.324. The Morgan fingerprint density at radius 1 is 1.43 bits per heavy atom. The Morgan fingerprint density at radius 3 is 2.76 bits per heavy atom. The Kier molecular flexibility index (Phi) is 4.29. The fourth-order valence-electron chi connectivity index (χ4n) is 1.74. The highest BCUT2D eigenvalue weighted by Crippen LogP contribution is 2.13. The molecule has 1 aromatic carbocycles. The summed E-state index contributed by atoms with van der Waals surface area (Å²) in [6.07, 6.45) is -1.78. The fraction of sp³-hybridized carbons (Fsp3) is 0.250. The largest absolute Gasteiger partial charge is 0.478 e. The average Bonchev–Trinajstić information content (AvgIpc) is 2.41. The second kappa shape index (κ2) is 5.98. The van der Waals surface area contributed by atoms with Crippen LogP contribution in [0, 0.1) is 0 Å². The first-order valence-corrected chi connectivity index (χ1v) is 6.27. The van der Waals surface area contributed by atoms with Gasteiger partial charge in [0.2, 0.25) is 6.10 Å². The summed E-state index contributed by atoms with van der Waals surface area (Å²) >= 11 is 5.76. The van der Waals surface area contributed by atoms with E-state index in [-0.39, 0.29) is 17.3 Å². The Bertz CT molecular complexity index is 796. The maximum Gasteiger partial charge on any atom is 0.362 e. The van der Waals surface area contributed by atoms with Gasteiger partial charge in [-0.05, 0) is 18.2 Å². The number of hydrogen-bond donors (Lipinski definition) is 3. The number of fused-ring (bicyclic) bond motifs is 1. The van der Waals surface area contributed by atoms with Gasteiger partial charge in [0.15, 0.2) is 0 Å². The molecule has 0 saturated heterocycles.